The van der Waals surface area contributed by atoms with Gasteiger partial charge >= 0.3 is 0 Å². The van der Waals surface area contributed by atoms with E-state index in [1.54, 1.807) is 14.2 Å². The van der Waals surface area contributed by atoms with Crippen LogP contribution in [0.4, 0.5) is 5.82 Å². The Morgan fingerprint density at radius 2 is 1.64 bits per heavy atom. The topological polar surface area (TPSA) is 76.2 Å². The number of amides is 1. The van der Waals surface area contributed by atoms with Gasteiger partial charge in [0.2, 0.25) is 5.91 Å². The Bertz CT molecular complexity index is 910. The normalized spacial score (nSPS) is 10.5. The van der Waals surface area contributed by atoms with Crippen LogP contribution in [0.15, 0.2) is 48.5 Å². The van der Waals surface area contributed by atoms with E-state index < -0.39 is 0 Å². The number of H-pyrrole nitrogens is 1. The van der Waals surface area contributed by atoms with Crippen molar-refractivity contribution >= 4 is 11.7 Å². The molecule has 0 saturated carbocycles. The van der Waals surface area contributed by atoms with Crippen molar-refractivity contribution in [3.63, 3.8) is 0 Å². The summed E-state index contributed by atoms with van der Waals surface area (Å²) in [5, 5.41) is 10.0. The number of carbonyl (C=O) groups is 1. The van der Waals surface area contributed by atoms with Gasteiger partial charge in [-0.15, -0.1) is 0 Å². The molecule has 0 bridgehead atoms. The Morgan fingerprint density at radius 3 is 2.29 bits per heavy atom. The van der Waals surface area contributed by atoms with Gasteiger partial charge in [-0.25, -0.2) is 0 Å². The second-order valence-corrected chi connectivity index (χ2v) is 6.71. The summed E-state index contributed by atoms with van der Waals surface area (Å²) in [7, 11) is 3.28. The summed E-state index contributed by atoms with van der Waals surface area (Å²) in [5.74, 6) is 1.99. The summed E-state index contributed by atoms with van der Waals surface area (Å²) in [5.41, 5.74) is 4.21. The number of aromatic nitrogens is 2. The fourth-order valence-electron chi connectivity index (χ4n) is 2.92. The highest BCUT2D eigenvalue weighted by Gasteiger charge is 2.08. The van der Waals surface area contributed by atoms with Crippen LogP contribution < -0.4 is 14.8 Å². The molecule has 3 aromatic rings. The Morgan fingerprint density at radius 1 is 0.964 bits per heavy atom. The number of carbonyl (C=O) groups excluding carboxylic acids is 1. The molecule has 6 nitrogen and oxygen atoms in total. The zero-order valence-corrected chi connectivity index (χ0v) is 16.4. The second kappa shape index (κ2) is 9.08. The van der Waals surface area contributed by atoms with Crippen molar-refractivity contribution < 1.29 is 14.3 Å². The van der Waals surface area contributed by atoms with Crippen LogP contribution in [0.2, 0.25) is 0 Å². The van der Waals surface area contributed by atoms with Crippen LogP contribution in [0.3, 0.4) is 0 Å². The van der Waals surface area contributed by atoms with E-state index in [9.17, 15) is 4.79 Å². The molecule has 1 heterocycles. The lowest BCUT2D eigenvalue weighted by molar-refractivity contribution is -0.115. The second-order valence-electron chi connectivity index (χ2n) is 6.71. The fourth-order valence-corrected chi connectivity index (χ4v) is 2.92. The maximum Gasteiger partial charge on any atom is 0.229 e. The third-order valence-corrected chi connectivity index (χ3v) is 4.48. The van der Waals surface area contributed by atoms with Crippen LogP contribution in [-0.2, 0) is 24.1 Å². The summed E-state index contributed by atoms with van der Waals surface area (Å²) < 4.78 is 10.6. The lowest BCUT2D eigenvalue weighted by Crippen LogP contribution is -2.14. The van der Waals surface area contributed by atoms with Gasteiger partial charge in [0.05, 0.1) is 20.6 Å². The quantitative estimate of drug-likeness (QED) is 0.626. The molecule has 2 aromatic carbocycles. The first-order valence-electron chi connectivity index (χ1n) is 9.17. The number of nitrogens with one attached hydrogen (secondary N) is 2. The molecule has 0 atom stereocenters. The van der Waals surface area contributed by atoms with E-state index in [1.165, 1.54) is 5.56 Å². The van der Waals surface area contributed by atoms with Gasteiger partial charge in [0.25, 0.3) is 0 Å². The number of methoxy groups -OCH3 is 2. The van der Waals surface area contributed by atoms with E-state index in [0.29, 0.717) is 12.2 Å². The van der Waals surface area contributed by atoms with E-state index in [2.05, 4.69) is 15.5 Å². The minimum absolute atomic E-state index is 0.0839. The van der Waals surface area contributed by atoms with Gasteiger partial charge in [0, 0.05) is 17.8 Å². The molecule has 0 aliphatic heterocycles. The Kier molecular flexibility index (Phi) is 6.32. The van der Waals surface area contributed by atoms with Crippen molar-refractivity contribution in [2.24, 2.45) is 0 Å². The molecule has 6 heteroatoms. The van der Waals surface area contributed by atoms with Crippen LogP contribution in [-0.4, -0.2) is 30.3 Å². The van der Waals surface area contributed by atoms with Crippen molar-refractivity contribution in [1.82, 2.24) is 10.2 Å². The van der Waals surface area contributed by atoms with E-state index in [1.807, 2.05) is 55.5 Å². The lowest BCUT2D eigenvalue weighted by atomic mass is 10.1. The van der Waals surface area contributed by atoms with Crippen molar-refractivity contribution in [3.8, 4) is 11.5 Å². The third-order valence-electron chi connectivity index (χ3n) is 4.48. The van der Waals surface area contributed by atoms with Crippen molar-refractivity contribution in [1.29, 1.82) is 0 Å². The number of hydrogen-bond acceptors (Lipinski definition) is 4. The smallest absolute Gasteiger partial charge is 0.229 e. The number of hydrogen-bond donors (Lipinski definition) is 2. The van der Waals surface area contributed by atoms with E-state index in [-0.39, 0.29) is 5.91 Å². The average molecular weight is 379 g/mol. The minimum atomic E-state index is -0.0839. The van der Waals surface area contributed by atoms with Gasteiger partial charge in [-0.1, -0.05) is 29.8 Å². The number of aromatic amines is 1. The van der Waals surface area contributed by atoms with E-state index >= 15 is 0 Å². The summed E-state index contributed by atoms with van der Waals surface area (Å²) in [4.78, 5) is 12.2. The molecule has 0 radical (unpaired) electrons. The summed E-state index contributed by atoms with van der Waals surface area (Å²) in [6.45, 7) is 2.02. The maximum absolute atomic E-state index is 12.2. The van der Waals surface area contributed by atoms with Crippen molar-refractivity contribution in [2.75, 3.05) is 19.5 Å². The molecule has 0 saturated heterocycles. The number of aryl methyl sites for hydroxylation is 3. The summed E-state index contributed by atoms with van der Waals surface area (Å²) >= 11 is 0. The van der Waals surface area contributed by atoms with Crippen LogP contribution >= 0.6 is 0 Å². The van der Waals surface area contributed by atoms with Crippen molar-refractivity contribution in [2.45, 2.75) is 26.2 Å². The number of benzene rings is 2. The highest BCUT2D eigenvalue weighted by Crippen LogP contribution is 2.23. The standard InChI is InChI=1S/C22H25N3O3/c1-15-4-6-16(7-5-15)12-22(26)23-21-13-18(24-25-21)9-8-17-10-19(27-2)14-20(11-17)28-3/h4-7,10-11,13-14H,8-9,12H2,1-3H3,(H2,23,24,25,26). The van der Waals surface area contributed by atoms with Crippen molar-refractivity contribution in [3.05, 3.63) is 70.9 Å². The van der Waals surface area contributed by atoms with Gasteiger partial charge < -0.3 is 14.8 Å². The first-order chi connectivity index (χ1) is 13.6. The Balaban J connectivity index is 1.55. The zero-order valence-electron chi connectivity index (χ0n) is 16.4. The zero-order chi connectivity index (χ0) is 19.9. The van der Waals surface area contributed by atoms with Gasteiger partial charge in [-0.2, -0.15) is 5.10 Å². The monoisotopic (exact) mass is 379 g/mol. The highest BCUT2D eigenvalue weighted by molar-refractivity contribution is 5.91. The predicted molar refractivity (Wildman–Crippen MR) is 109 cm³/mol. The summed E-state index contributed by atoms with van der Waals surface area (Å²) in [6.07, 6.45) is 1.88. The molecule has 0 spiro atoms. The molecule has 3 rings (SSSR count). The van der Waals surface area contributed by atoms with Gasteiger partial charge in [-0.3, -0.25) is 9.89 Å². The molecule has 28 heavy (non-hydrogen) atoms. The van der Waals surface area contributed by atoms with Gasteiger partial charge in [-0.05, 0) is 43.0 Å². The lowest BCUT2D eigenvalue weighted by Gasteiger charge is -2.08. The number of rotatable bonds is 8. The highest BCUT2D eigenvalue weighted by atomic mass is 16.5. The minimum Gasteiger partial charge on any atom is -0.497 e. The van der Waals surface area contributed by atoms with Crippen LogP contribution in [0.25, 0.3) is 0 Å². The largest absolute Gasteiger partial charge is 0.497 e. The number of anilines is 1. The molecular formula is C22H25N3O3. The van der Waals surface area contributed by atoms with Crippen LogP contribution in [0, 0.1) is 6.92 Å². The molecule has 1 aromatic heterocycles. The average Bonchev–Trinajstić information content (AvgIpc) is 3.15. The molecular weight excluding hydrogens is 354 g/mol. The van der Waals surface area contributed by atoms with Gasteiger partial charge in [0.1, 0.15) is 11.5 Å². The molecule has 1 amide bonds. The van der Waals surface area contributed by atoms with Gasteiger partial charge in [0.15, 0.2) is 5.82 Å². The predicted octanol–water partition coefficient (Wildman–Crippen LogP) is 3.70. The van der Waals surface area contributed by atoms with E-state index in [4.69, 9.17) is 9.47 Å². The molecule has 0 fully saturated rings. The fraction of sp³-hybridized carbons (Fsp3) is 0.273. The van der Waals surface area contributed by atoms with Crippen LogP contribution in [0.5, 0.6) is 11.5 Å². The summed E-state index contributed by atoms with van der Waals surface area (Å²) in [6, 6.07) is 15.6. The molecule has 0 aliphatic carbocycles. The Hall–Kier alpha value is -3.28. The SMILES string of the molecule is COc1cc(CCc2cc(NC(=O)Cc3ccc(C)cc3)n[nH]2)cc(OC)c1. The number of nitrogens with zero attached hydrogens (tertiary/aromatic N) is 1. The first kappa shape index (κ1) is 19.5. The maximum atomic E-state index is 12.2. The molecule has 0 aliphatic rings. The van der Waals surface area contributed by atoms with E-state index in [0.717, 1.165) is 41.2 Å². The molecule has 2 N–H and O–H groups in total. The third kappa shape index (κ3) is 5.36. The Labute approximate surface area is 164 Å². The number of ether oxygens (including phenoxy) is 2. The molecule has 146 valence electrons. The first-order valence-corrected chi connectivity index (χ1v) is 9.17. The molecule has 0 unspecified atom stereocenters. The van der Waals surface area contributed by atoms with Crippen LogP contribution in [0.1, 0.15) is 22.4 Å².